The van der Waals surface area contributed by atoms with E-state index in [0.717, 1.165) is 22.1 Å². The van der Waals surface area contributed by atoms with Gasteiger partial charge in [-0.15, -0.1) is 11.8 Å². The molecule has 0 aliphatic carbocycles. The van der Waals surface area contributed by atoms with E-state index in [0.29, 0.717) is 5.92 Å². The van der Waals surface area contributed by atoms with Gasteiger partial charge in [0.25, 0.3) is 0 Å². The van der Waals surface area contributed by atoms with Crippen LogP contribution in [0.4, 0.5) is 5.69 Å². The molecule has 0 heterocycles. The fourth-order valence-corrected chi connectivity index (χ4v) is 1.97. The van der Waals surface area contributed by atoms with Crippen LogP contribution in [0.1, 0.15) is 13.8 Å². The number of hydrogen-bond acceptors (Lipinski definition) is 3. The van der Waals surface area contributed by atoms with E-state index in [-0.39, 0.29) is 0 Å². The van der Waals surface area contributed by atoms with Gasteiger partial charge in [-0.3, -0.25) is 0 Å². The molecular formula is C11H17NOS. The summed E-state index contributed by atoms with van der Waals surface area (Å²) in [5.41, 5.74) is 6.68. The molecule has 0 saturated heterocycles. The quantitative estimate of drug-likeness (QED) is 0.614. The molecule has 0 aliphatic heterocycles. The highest BCUT2D eigenvalue weighted by Crippen LogP contribution is 2.30. The Morgan fingerprint density at radius 2 is 2.14 bits per heavy atom. The molecule has 2 N–H and O–H groups in total. The van der Waals surface area contributed by atoms with Crippen molar-refractivity contribution >= 4 is 17.4 Å². The van der Waals surface area contributed by atoms with Crippen LogP contribution in [0.25, 0.3) is 0 Å². The molecule has 0 radical (unpaired) electrons. The third-order valence-electron chi connectivity index (χ3n) is 1.79. The van der Waals surface area contributed by atoms with Gasteiger partial charge in [-0.05, 0) is 24.1 Å². The van der Waals surface area contributed by atoms with E-state index in [4.69, 9.17) is 10.5 Å². The van der Waals surface area contributed by atoms with E-state index >= 15 is 0 Å². The summed E-state index contributed by atoms with van der Waals surface area (Å²) in [6, 6.07) is 5.76. The second-order valence-corrected chi connectivity index (χ2v) is 4.67. The van der Waals surface area contributed by atoms with Crippen LogP contribution in [-0.2, 0) is 0 Å². The number of hydrogen-bond donors (Lipinski definition) is 1. The normalized spacial score (nSPS) is 10.6. The van der Waals surface area contributed by atoms with Crippen LogP contribution in [0.2, 0.25) is 0 Å². The van der Waals surface area contributed by atoms with Gasteiger partial charge in [0.1, 0.15) is 5.75 Å². The number of benzene rings is 1. The predicted octanol–water partition coefficient (Wildman–Crippen LogP) is 3.03. The summed E-state index contributed by atoms with van der Waals surface area (Å²) in [5, 5.41) is 0. The standard InChI is InChI=1S/C11H17NOS/c1-8(2)7-14-11-6-9(13-3)4-5-10(11)12/h4-6,8H,7,12H2,1-3H3. The lowest BCUT2D eigenvalue weighted by molar-refractivity contribution is 0.414. The molecule has 0 aliphatic rings. The number of rotatable bonds is 4. The fraction of sp³-hybridized carbons (Fsp3) is 0.455. The van der Waals surface area contributed by atoms with Crippen molar-refractivity contribution in [1.82, 2.24) is 0 Å². The lowest BCUT2D eigenvalue weighted by Gasteiger charge is -2.09. The Kier molecular flexibility index (Phi) is 4.14. The zero-order valence-corrected chi connectivity index (χ0v) is 9.73. The maximum atomic E-state index is 5.85. The van der Waals surface area contributed by atoms with Crippen molar-refractivity contribution in [2.75, 3.05) is 18.6 Å². The number of ether oxygens (including phenoxy) is 1. The van der Waals surface area contributed by atoms with Gasteiger partial charge in [-0.2, -0.15) is 0 Å². The highest BCUT2D eigenvalue weighted by molar-refractivity contribution is 7.99. The zero-order chi connectivity index (χ0) is 10.6. The molecule has 0 atom stereocenters. The smallest absolute Gasteiger partial charge is 0.120 e. The van der Waals surface area contributed by atoms with Gasteiger partial charge in [-0.25, -0.2) is 0 Å². The maximum absolute atomic E-state index is 5.85. The summed E-state index contributed by atoms with van der Waals surface area (Å²) >= 11 is 1.78. The molecule has 0 fully saturated rings. The van der Waals surface area contributed by atoms with E-state index < -0.39 is 0 Å². The summed E-state index contributed by atoms with van der Waals surface area (Å²) in [6.45, 7) is 4.40. The van der Waals surface area contributed by atoms with Crippen LogP contribution < -0.4 is 10.5 Å². The highest BCUT2D eigenvalue weighted by atomic mass is 32.2. The lowest BCUT2D eigenvalue weighted by atomic mass is 10.3. The molecule has 0 saturated carbocycles. The first kappa shape index (κ1) is 11.2. The average Bonchev–Trinajstić information content (AvgIpc) is 2.16. The fourth-order valence-electron chi connectivity index (χ4n) is 1.02. The predicted molar refractivity (Wildman–Crippen MR) is 63.0 cm³/mol. The minimum Gasteiger partial charge on any atom is -0.497 e. The van der Waals surface area contributed by atoms with Gasteiger partial charge in [0, 0.05) is 16.3 Å². The van der Waals surface area contributed by atoms with E-state index in [1.165, 1.54) is 0 Å². The molecule has 14 heavy (non-hydrogen) atoms. The third kappa shape index (κ3) is 3.14. The average molecular weight is 211 g/mol. The van der Waals surface area contributed by atoms with Crippen molar-refractivity contribution in [1.29, 1.82) is 0 Å². The van der Waals surface area contributed by atoms with Crippen LogP contribution in [0, 0.1) is 5.92 Å². The summed E-state index contributed by atoms with van der Waals surface area (Å²) in [4.78, 5) is 1.11. The summed E-state index contributed by atoms with van der Waals surface area (Å²) < 4.78 is 5.15. The Labute approximate surface area is 89.8 Å². The molecule has 2 nitrogen and oxygen atoms in total. The molecule has 1 aromatic carbocycles. The Morgan fingerprint density at radius 1 is 1.43 bits per heavy atom. The molecule has 3 heteroatoms. The van der Waals surface area contributed by atoms with Gasteiger partial charge in [0.05, 0.1) is 7.11 Å². The summed E-state index contributed by atoms with van der Waals surface area (Å²) in [6.07, 6.45) is 0. The van der Waals surface area contributed by atoms with E-state index in [9.17, 15) is 0 Å². The van der Waals surface area contributed by atoms with Gasteiger partial charge in [0.2, 0.25) is 0 Å². The SMILES string of the molecule is COc1ccc(N)c(SCC(C)C)c1. The van der Waals surface area contributed by atoms with Gasteiger partial charge in [-0.1, -0.05) is 13.8 Å². The topological polar surface area (TPSA) is 35.2 Å². The Morgan fingerprint density at radius 3 is 2.71 bits per heavy atom. The minimum absolute atomic E-state index is 0.672. The van der Waals surface area contributed by atoms with Crippen LogP contribution >= 0.6 is 11.8 Å². The molecule has 0 unspecified atom stereocenters. The van der Waals surface area contributed by atoms with Gasteiger partial charge in [0.15, 0.2) is 0 Å². The first-order valence-corrected chi connectivity index (χ1v) is 5.68. The van der Waals surface area contributed by atoms with Crippen LogP contribution in [-0.4, -0.2) is 12.9 Å². The van der Waals surface area contributed by atoms with Crippen molar-refractivity contribution in [3.63, 3.8) is 0 Å². The van der Waals surface area contributed by atoms with E-state index in [2.05, 4.69) is 13.8 Å². The second kappa shape index (κ2) is 5.15. The van der Waals surface area contributed by atoms with Crippen LogP contribution in [0.5, 0.6) is 5.75 Å². The van der Waals surface area contributed by atoms with Gasteiger partial charge >= 0.3 is 0 Å². The van der Waals surface area contributed by atoms with Crippen molar-refractivity contribution in [2.45, 2.75) is 18.7 Å². The van der Waals surface area contributed by atoms with Crippen LogP contribution in [0.15, 0.2) is 23.1 Å². The van der Waals surface area contributed by atoms with E-state index in [1.54, 1.807) is 18.9 Å². The lowest BCUT2D eigenvalue weighted by Crippen LogP contribution is -1.94. The van der Waals surface area contributed by atoms with Crippen molar-refractivity contribution < 1.29 is 4.74 Å². The highest BCUT2D eigenvalue weighted by Gasteiger charge is 2.03. The number of thioether (sulfide) groups is 1. The Hall–Kier alpha value is -0.830. The van der Waals surface area contributed by atoms with Crippen molar-refractivity contribution in [2.24, 2.45) is 5.92 Å². The number of nitrogen functional groups attached to an aromatic ring is 1. The number of anilines is 1. The summed E-state index contributed by atoms with van der Waals surface area (Å²) in [7, 11) is 1.67. The number of nitrogens with two attached hydrogens (primary N) is 1. The largest absolute Gasteiger partial charge is 0.497 e. The molecule has 1 aromatic rings. The Bertz CT molecular complexity index is 299. The molecule has 78 valence electrons. The zero-order valence-electron chi connectivity index (χ0n) is 8.91. The van der Waals surface area contributed by atoms with E-state index in [1.807, 2.05) is 18.2 Å². The Balaban J connectivity index is 2.73. The monoisotopic (exact) mass is 211 g/mol. The first-order valence-electron chi connectivity index (χ1n) is 4.69. The maximum Gasteiger partial charge on any atom is 0.120 e. The van der Waals surface area contributed by atoms with Gasteiger partial charge < -0.3 is 10.5 Å². The third-order valence-corrected chi connectivity index (χ3v) is 3.29. The second-order valence-electron chi connectivity index (χ2n) is 3.61. The molecule has 0 bridgehead atoms. The molecule has 1 rings (SSSR count). The van der Waals surface area contributed by atoms with Crippen molar-refractivity contribution in [3.8, 4) is 5.75 Å². The first-order chi connectivity index (χ1) is 6.63. The molecular weight excluding hydrogens is 194 g/mol. The van der Waals surface area contributed by atoms with Crippen LogP contribution in [0.3, 0.4) is 0 Å². The summed E-state index contributed by atoms with van der Waals surface area (Å²) in [5.74, 6) is 2.62. The molecule has 0 amide bonds. The number of methoxy groups -OCH3 is 1. The molecule has 0 aromatic heterocycles. The molecule has 0 spiro atoms. The van der Waals surface area contributed by atoms with Crippen molar-refractivity contribution in [3.05, 3.63) is 18.2 Å². The minimum atomic E-state index is 0.672.